The fourth-order valence-electron chi connectivity index (χ4n) is 1.18. The summed E-state index contributed by atoms with van der Waals surface area (Å²) in [4.78, 5) is -0.408. The van der Waals surface area contributed by atoms with Crippen LogP contribution >= 0.6 is 15.9 Å². The minimum atomic E-state index is -3.94. The summed E-state index contributed by atoms with van der Waals surface area (Å²) in [7, 11) is -2.63. The van der Waals surface area contributed by atoms with Crippen LogP contribution in [0.2, 0.25) is 0 Å². The van der Waals surface area contributed by atoms with Crippen LogP contribution in [0.3, 0.4) is 0 Å². The van der Waals surface area contributed by atoms with Crippen molar-refractivity contribution in [2.24, 2.45) is 0 Å². The maximum Gasteiger partial charge on any atom is 0.246 e. The number of halogens is 2. The van der Waals surface area contributed by atoms with Crippen LogP contribution < -0.4 is 0 Å². The third kappa shape index (κ3) is 3.04. The van der Waals surface area contributed by atoms with Crippen LogP contribution in [0.4, 0.5) is 4.39 Å². The topological polar surface area (TPSA) is 57.6 Å². The molecule has 0 aliphatic rings. The summed E-state index contributed by atoms with van der Waals surface area (Å²) >= 11 is 3.09. The molecule has 0 unspecified atom stereocenters. The highest BCUT2D eigenvalue weighted by molar-refractivity contribution is 9.10. The maximum absolute atomic E-state index is 13.5. The van der Waals surface area contributed by atoms with E-state index in [1.54, 1.807) is 0 Å². The zero-order chi connectivity index (χ0) is 13.2. The molecule has 0 saturated carbocycles. The van der Waals surface area contributed by atoms with E-state index in [2.05, 4.69) is 15.9 Å². The van der Waals surface area contributed by atoms with Crippen LogP contribution in [-0.4, -0.2) is 37.5 Å². The summed E-state index contributed by atoms with van der Waals surface area (Å²) < 4.78 is 39.0. The fraction of sp³-hybridized carbons (Fsp3) is 0.400. The molecule has 96 valence electrons. The number of rotatable bonds is 4. The van der Waals surface area contributed by atoms with Gasteiger partial charge in [0.2, 0.25) is 10.0 Å². The number of aliphatic hydroxyl groups is 1. The van der Waals surface area contributed by atoms with Crippen molar-refractivity contribution in [3.8, 4) is 0 Å². The Kier molecular flexibility index (Phi) is 4.65. The Morgan fingerprint density at radius 3 is 2.65 bits per heavy atom. The number of likely N-dealkylation sites (N-methyl/N-ethyl adjacent to an activating group) is 1. The molecule has 1 aromatic carbocycles. The van der Waals surface area contributed by atoms with E-state index in [9.17, 15) is 12.8 Å². The molecule has 7 heteroatoms. The number of hydrogen-bond acceptors (Lipinski definition) is 3. The van der Waals surface area contributed by atoms with E-state index in [4.69, 9.17) is 5.11 Å². The fourth-order valence-corrected chi connectivity index (χ4v) is 3.14. The summed E-state index contributed by atoms with van der Waals surface area (Å²) in [6.45, 7) is 1.21. The molecule has 0 radical (unpaired) electrons. The van der Waals surface area contributed by atoms with Crippen LogP contribution in [0.15, 0.2) is 27.6 Å². The molecule has 1 N–H and O–H groups in total. The quantitative estimate of drug-likeness (QED) is 0.914. The summed E-state index contributed by atoms with van der Waals surface area (Å²) in [5, 5.41) is 8.93. The molecular formula is C10H13BrFNO3S. The predicted octanol–water partition coefficient (Wildman–Crippen LogP) is 1.59. The van der Waals surface area contributed by atoms with Crippen molar-refractivity contribution >= 4 is 26.0 Å². The Balaban J connectivity index is 3.26. The molecule has 0 heterocycles. The van der Waals surface area contributed by atoms with E-state index in [-0.39, 0.29) is 6.61 Å². The summed E-state index contributed by atoms with van der Waals surface area (Å²) in [6, 6.07) is 3.09. The summed E-state index contributed by atoms with van der Waals surface area (Å²) in [5.41, 5.74) is 0. The van der Waals surface area contributed by atoms with Gasteiger partial charge in [0.05, 0.1) is 6.61 Å². The molecule has 0 aromatic heterocycles. The first-order valence-electron chi connectivity index (χ1n) is 4.84. The van der Waals surface area contributed by atoms with Crippen LogP contribution in [0, 0.1) is 5.82 Å². The van der Waals surface area contributed by atoms with E-state index in [0.29, 0.717) is 4.47 Å². The summed E-state index contributed by atoms with van der Waals surface area (Å²) in [5.74, 6) is -0.815. The van der Waals surface area contributed by atoms with Crippen LogP contribution in [0.5, 0.6) is 0 Å². The smallest absolute Gasteiger partial charge is 0.246 e. The van der Waals surface area contributed by atoms with E-state index >= 15 is 0 Å². The molecule has 0 amide bonds. The number of hydrogen-bond donors (Lipinski definition) is 1. The number of benzene rings is 1. The van der Waals surface area contributed by atoms with Crippen molar-refractivity contribution in [3.63, 3.8) is 0 Å². The lowest BCUT2D eigenvalue weighted by Crippen LogP contribution is -2.37. The van der Waals surface area contributed by atoms with E-state index in [0.717, 1.165) is 10.4 Å². The van der Waals surface area contributed by atoms with Gasteiger partial charge >= 0.3 is 0 Å². The average Bonchev–Trinajstić information content (AvgIpc) is 2.30. The van der Waals surface area contributed by atoms with Gasteiger partial charge in [-0.15, -0.1) is 0 Å². The van der Waals surface area contributed by atoms with Gasteiger partial charge in [0, 0.05) is 17.6 Å². The van der Waals surface area contributed by atoms with Gasteiger partial charge < -0.3 is 5.11 Å². The van der Waals surface area contributed by atoms with E-state index in [1.165, 1.54) is 26.1 Å². The molecule has 1 atom stereocenters. The zero-order valence-electron chi connectivity index (χ0n) is 9.39. The molecule has 1 aromatic rings. The van der Waals surface area contributed by atoms with Gasteiger partial charge in [-0.05, 0) is 25.1 Å². The third-order valence-corrected chi connectivity index (χ3v) is 4.92. The Labute approximate surface area is 108 Å². The number of aliphatic hydroxyl groups excluding tert-OH is 1. The SMILES string of the molecule is C[C@@H](CO)N(C)S(=O)(=O)c1cc(Br)ccc1F. The normalized spacial score (nSPS) is 14.0. The highest BCUT2D eigenvalue weighted by Gasteiger charge is 2.27. The van der Waals surface area contributed by atoms with Crippen molar-refractivity contribution in [2.45, 2.75) is 17.9 Å². The van der Waals surface area contributed by atoms with Gasteiger partial charge in [0.25, 0.3) is 0 Å². The molecule has 0 fully saturated rings. The van der Waals surface area contributed by atoms with Crippen molar-refractivity contribution in [2.75, 3.05) is 13.7 Å². The Bertz CT molecular complexity index is 506. The van der Waals surface area contributed by atoms with E-state index < -0.39 is 26.8 Å². The lowest BCUT2D eigenvalue weighted by molar-refractivity contribution is 0.213. The lowest BCUT2D eigenvalue weighted by Gasteiger charge is -2.22. The van der Waals surface area contributed by atoms with Gasteiger partial charge in [-0.25, -0.2) is 12.8 Å². The molecule has 17 heavy (non-hydrogen) atoms. The van der Waals surface area contributed by atoms with Crippen LogP contribution in [0.25, 0.3) is 0 Å². The van der Waals surface area contributed by atoms with Gasteiger partial charge in [-0.3, -0.25) is 0 Å². The van der Waals surface area contributed by atoms with Gasteiger partial charge in [-0.1, -0.05) is 15.9 Å². The third-order valence-electron chi connectivity index (χ3n) is 2.44. The largest absolute Gasteiger partial charge is 0.395 e. The van der Waals surface area contributed by atoms with Crippen molar-refractivity contribution in [3.05, 3.63) is 28.5 Å². The van der Waals surface area contributed by atoms with E-state index in [1.807, 2.05) is 0 Å². The maximum atomic E-state index is 13.5. The highest BCUT2D eigenvalue weighted by atomic mass is 79.9. The summed E-state index contributed by atoms with van der Waals surface area (Å²) in [6.07, 6.45) is 0. The van der Waals surface area contributed by atoms with Crippen LogP contribution in [0.1, 0.15) is 6.92 Å². The molecule has 0 aliphatic heterocycles. The molecule has 0 aliphatic carbocycles. The molecular weight excluding hydrogens is 313 g/mol. The monoisotopic (exact) mass is 325 g/mol. The second-order valence-corrected chi connectivity index (χ2v) is 6.51. The van der Waals surface area contributed by atoms with Crippen LogP contribution in [-0.2, 0) is 10.0 Å². The Hall–Kier alpha value is -0.500. The number of sulfonamides is 1. The molecule has 4 nitrogen and oxygen atoms in total. The van der Waals surface area contributed by atoms with Crippen molar-refractivity contribution in [1.82, 2.24) is 4.31 Å². The molecule has 0 saturated heterocycles. The minimum Gasteiger partial charge on any atom is -0.395 e. The standard InChI is InChI=1S/C10H13BrFNO3S/c1-7(6-14)13(2)17(15,16)10-5-8(11)3-4-9(10)12/h3-5,7,14H,6H2,1-2H3/t7-/m0/s1. The van der Waals surface area contributed by atoms with Gasteiger partial charge in [-0.2, -0.15) is 4.31 Å². The number of nitrogens with zero attached hydrogens (tertiary/aromatic N) is 1. The highest BCUT2D eigenvalue weighted by Crippen LogP contribution is 2.23. The Morgan fingerprint density at radius 2 is 2.12 bits per heavy atom. The first kappa shape index (κ1) is 14.6. The lowest BCUT2D eigenvalue weighted by atomic mass is 10.3. The zero-order valence-corrected chi connectivity index (χ0v) is 11.8. The second kappa shape index (κ2) is 5.43. The molecule has 0 spiro atoms. The molecule has 0 bridgehead atoms. The van der Waals surface area contributed by atoms with Gasteiger partial charge in [0.1, 0.15) is 10.7 Å². The first-order valence-corrected chi connectivity index (χ1v) is 7.08. The minimum absolute atomic E-state index is 0.328. The van der Waals surface area contributed by atoms with Crippen molar-refractivity contribution < 1.29 is 17.9 Å². The molecule has 1 rings (SSSR count). The Morgan fingerprint density at radius 1 is 1.53 bits per heavy atom. The average molecular weight is 326 g/mol. The predicted molar refractivity (Wildman–Crippen MR) is 65.6 cm³/mol. The first-order chi connectivity index (χ1) is 7.80. The van der Waals surface area contributed by atoms with Crippen molar-refractivity contribution in [1.29, 1.82) is 0 Å². The second-order valence-electron chi connectivity index (χ2n) is 3.63. The van der Waals surface area contributed by atoms with Gasteiger partial charge in [0.15, 0.2) is 0 Å².